The summed E-state index contributed by atoms with van der Waals surface area (Å²) in [5.74, 6) is 0.949. The highest BCUT2D eigenvalue weighted by Crippen LogP contribution is 2.50. The van der Waals surface area contributed by atoms with Gasteiger partial charge in [0.25, 0.3) is 0 Å². The predicted octanol–water partition coefficient (Wildman–Crippen LogP) is 3.58. The monoisotopic (exact) mass is 231 g/mol. The van der Waals surface area contributed by atoms with E-state index in [4.69, 9.17) is 4.52 Å². The summed E-state index contributed by atoms with van der Waals surface area (Å²) in [4.78, 5) is 0. The lowest BCUT2D eigenvalue weighted by Gasteiger charge is -2.17. The van der Waals surface area contributed by atoms with Crippen LogP contribution in [0.4, 0.5) is 0 Å². The van der Waals surface area contributed by atoms with Gasteiger partial charge < -0.3 is 4.52 Å². The Balaban J connectivity index is 2.21. The van der Waals surface area contributed by atoms with Gasteiger partial charge in [0.1, 0.15) is 5.30 Å². The van der Waals surface area contributed by atoms with Crippen LogP contribution in [0.2, 0.25) is 0 Å². The van der Waals surface area contributed by atoms with Crippen molar-refractivity contribution in [3.05, 3.63) is 60.7 Å². The fourth-order valence-corrected chi connectivity index (χ4v) is 3.23. The minimum absolute atomic E-state index is 0.949. The molecule has 0 saturated carbocycles. The van der Waals surface area contributed by atoms with Crippen LogP contribution in [0.25, 0.3) is 0 Å². The van der Waals surface area contributed by atoms with E-state index in [-0.39, 0.29) is 0 Å². The second-order valence-electron chi connectivity index (χ2n) is 4.09. The van der Waals surface area contributed by atoms with E-state index in [1.807, 2.05) is 36.4 Å². The summed E-state index contributed by atoms with van der Waals surface area (Å²) < 4.78 is 6.10. The number of benzene rings is 2. The molecule has 0 N–H and O–H groups in total. The van der Waals surface area contributed by atoms with Crippen LogP contribution in [0.3, 0.4) is 0 Å². The second-order valence-corrected chi connectivity index (χ2v) is 7.49. The summed E-state index contributed by atoms with van der Waals surface area (Å²) in [6.07, 6.45) is 0. The Kier molecular flexibility index (Phi) is 3.26. The van der Waals surface area contributed by atoms with Crippen LogP contribution in [0, 0.1) is 0 Å². The molecule has 0 aliphatic carbocycles. The average molecular weight is 231 g/mol. The maximum atomic E-state index is 6.10. The van der Waals surface area contributed by atoms with Gasteiger partial charge in [-0.15, -0.1) is 0 Å². The maximum absolute atomic E-state index is 6.10. The van der Waals surface area contributed by atoms with E-state index in [0.717, 1.165) is 5.75 Å². The quantitative estimate of drug-likeness (QED) is 0.733. The Morgan fingerprint density at radius 3 is 1.81 bits per heavy atom. The first-order valence-electron chi connectivity index (χ1n) is 5.33. The SMILES string of the molecule is C[P+](C)(Oc1ccccc1)c1ccccc1. The molecule has 0 atom stereocenters. The molecule has 0 radical (unpaired) electrons. The van der Waals surface area contributed by atoms with Gasteiger partial charge >= 0.3 is 0 Å². The molecule has 0 aromatic heterocycles. The molecule has 2 rings (SSSR count). The summed E-state index contributed by atoms with van der Waals surface area (Å²) in [6, 6.07) is 20.4. The number of hydrogen-bond donors (Lipinski definition) is 0. The molecule has 0 bridgehead atoms. The third kappa shape index (κ3) is 2.62. The van der Waals surface area contributed by atoms with Crippen LogP contribution in [0.15, 0.2) is 60.7 Å². The van der Waals surface area contributed by atoms with Gasteiger partial charge in [0.05, 0.1) is 13.3 Å². The van der Waals surface area contributed by atoms with Crippen LogP contribution in [-0.2, 0) is 0 Å². The van der Waals surface area contributed by atoms with Gasteiger partial charge in [-0.3, -0.25) is 0 Å². The van der Waals surface area contributed by atoms with E-state index in [2.05, 4.69) is 37.6 Å². The standard InChI is InChI=1S/C14H16OP/c1-16(2,14-11-7-4-8-12-14)15-13-9-5-3-6-10-13/h3-12H,1-2H3/q+1. The molecule has 2 heteroatoms. The highest BCUT2D eigenvalue weighted by Gasteiger charge is 2.31. The van der Waals surface area contributed by atoms with Gasteiger partial charge in [0, 0.05) is 0 Å². The number of rotatable bonds is 3. The minimum Gasteiger partial charge on any atom is -0.346 e. The van der Waals surface area contributed by atoms with E-state index in [9.17, 15) is 0 Å². The van der Waals surface area contributed by atoms with Gasteiger partial charge in [0.2, 0.25) is 7.49 Å². The molecule has 0 heterocycles. The molecule has 16 heavy (non-hydrogen) atoms. The van der Waals surface area contributed by atoms with Crippen LogP contribution in [0.1, 0.15) is 0 Å². The largest absolute Gasteiger partial charge is 0.346 e. The van der Waals surface area contributed by atoms with Crippen molar-refractivity contribution in [2.24, 2.45) is 0 Å². The Morgan fingerprint density at radius 2 is 1.25 bits per heavy atom. The Labute approximate surface area is 97.5 Å². The smallest absolute Gasteiger partial charge is 0.217 e. The van der Waals surface area contributed by atoms with Crippen molar-refractivity contribution in [1.29, 1.82) is 0 Å². The molecule has 0 aliphatic rings. The van der Waals surface area contributed by atoms with Crippen LogP contribution >= 0.6 is 7.49 Å². The molecule has 0 unspecified atom stereocenters. The molecular formula is C14H16OP+. The van der Waals surface area contributed by atoms with Gasteiger partial charge in [-0.1, -0.05) is 36.4 Å². The zero-order valence-electron chi connectivity index (χ0n) is 9.63. The molecule has 82 valence electrons. The molecule has 1 nitrogen and oxygen atoms in total. The van der Waals surface area contributed by atoms with Gasteiger partial charge in [-0.2, -0.15) is 0 Å². The summed E-state index contributed by atoms with van der Waals surface area (Å²) in [5, 5.41) is 1.29. The second kappa shape index (κ2) is 4.67. The van der Waals surface area contributed by atoms with Crippen LogP contribution < -0.4 is 9.83 Å². The van der Waals surface area contributed by atoms with Crippen molar-refractivity contribution in [3.8, 4) is 5.75 Å². The zero-order valence-corrected chi connectivity index (χ0v) is 10.5. The van der Waals surface area contributed by atoms with Crippen molar-refractivity contribution in [3.63, 3.8) is 0 Å². The van der Waals surface area contributed by atoms with Crippen LogP contribution in [0.5, 0.6) is 5.75 Å². The fraction of sp³-hybridized carbons (Fsp3) is 0.143. The fourth-order valence-electron chi connectivity index (χ4n) is 1.58. The van der Waals surface area contributed by atoms with Crippen molar-refractivity contribution in [2.45, 2.75) is 0 Å². The average Bonchev–Trinajstić information content (AvgIpc) is 2.31. The van der Waals surface area contributed by atoms with Gasteiger partial charge in [0.15, 0.2) is 5.75 Å². The Bertz CT molecular complexity index is 437. The Morgan fingerprint density at radius 1 is 0.750 bits per heavy atom. The molecule has 0 amide bonds. The van der Waals surface area contributed by atoms with Crippen molar-refractivity contribution in [2.75, 3.05) is 13.3 Å². The summed E-state index contributed by atoms with van der Waals surface area (Å²) >= 11 is 0. The molecule has 2 aromatic rings. The predicted molar refractivity (Wildman–Crippen MR) is 71.9 cm³/mol. The van der Waals surface area contributed by atoms with E-state index in [0.29, 0.717) is 0 Å². The lowest BCUT2D eigenvalue weighted by Crippen LogP contribution is -2.13. The van der Waals surface area contributed by atoms with E-state index in [1.165, 1.54) is 5.30 Å². The van der Waals surface area contributed by atoms with Gasteiger partial charge in [-0.05, 0) is 24.3 Å². The summed E-state index contributed by atoms with van der Waals surface area (Å²) in [5.41, 5.74) is 0. The molecule has 0 fully saturated rings. The highest BCUT2D eigenvalue weighted by atomic mass is 31.2. The third-order valence-corrected chi connectivity index (χ3v) is 4.66. The molecule has 2 aromatic carbocycles. The van der Waals surface area contributed by atoms with E-state index < -0.39 is 7.49 Å². The first-order chi connectivity index (χ1) is 7.68. The number of hydrogen-bond acceptors (Lipinski definition) is 1. The molecule has 0 aliphatic heterocycles. The summed E-state index contributed by atoms with van der Waals surface area (Å²) in [7, 11) is -1.52. The van der Waals surface area contributed by atoms with Crippen LogP contribution in [-0.4, -0.2) is 13.3 Å². The topological polar surface area (TPSA) is 9.23 Å². The third-order valence-electron chi connectivity index (χ3n) is 2.45. The first-order valence-corrected chi connectivity index (χ1v) is 7.93. The van der Waals surface area contributed by atoms with Crippen molar-refractivity contribution >= 4 is 12.8 Å². The summed E-state index contributed by atoms with van der Waals surface area (Å²) in [6.45, 7) is 4.38. The van der Waals surface area contributed by atoms with E-state index in [1.54, 1.807) is 0 Å². The van der Waals surface area contributed by atoms with Gasteiger partial charge in [-0.25, -0.2) is 0 Å². The maximum Gasteiger partial charge on any atom is 0.217 e. The lowest BCUT2D eigenvalue weighted by molar-refractivity contribution is 0.613. The molecular weight excluding hydrogens is 215 g/mol. The Hall–Kier alpha value is -1.33. The zero-order chi connectivity index (χ0) is 11.4. The van der Waals surface area contributed by atoms with Crippen molar-refractivity contribution in [1.82, 2.24) is 0 Å². The van der Waals surface area contributed by atoms with Crippen molar-refractivity contribution < 1.29 is 4.52 Å². The number of para-hydroxylation sites is 1. The highest BCUT2D eigenvalue weighted by molar-refractivity contribution is 7.77. The molecule has 0 spiro atoms. The normalized spacial score (nSPS) is 11.1. The lowest BCUT2D eigenvalue weighted by atomic mass is 10.3. The first kappa shape index (κ1) is 11.2. The molecule has 0 saturated heterocycles. The van der Waals surface area contributed by atoms with E-state index >= 15 is 0 Å². The minimum atomic E-state index is -1.52.